The Morgan fingerprint density at radius 3 is 2.78 bits per heavy atom. The lowest BCUT2D eigenvalue weighted by molar-refractivity contribution is -0.128. The summed E-state index contributed by atoms with van der Waals surface area (Å²) in [7, 11) is 3.37. The summed E-state index contributed by atoms with van der Waals surface area (Å²) in [6, 6.07) is 17.1. The maximum atomic E-state index is 13.9. The number of carbonyl (C=O) groups is 2. The Bertz CT molecular complexity index is 1430. The summed E-state index contributed by atoms with van der Waals surface area (Å²) < 4.78 is 5.76. The summed E-state index contributed by atoms with van der Waals surface area (Å²) in [5.74, 6) is 0.388. The van der Waals surface area contributed by atoms with E-state index in [4.69, 9.17) is 4.74 Å². The van der Waals surface area contributed by atoms with Gasteiger partial charge in [0.1, 0.15) is 11.8 Å². The molecule has 0 saturated carbocycles. The van der Waals surface area contributed by atoms with Crippen LogP contribution in [0.1, 0.15) is 24.5 Å². The van der Waals surface area contributed by atoms with E-state index in [0.29, 0.717) is 25.1 Å². The Hall–Kier alpha value is -4.17. The molecular formula is C29H31N5O3. The number of nitrogens with one attached hydrogen (secondary N) is 3. The van der Waals surface area contributed by atoms with Crippen LogP contribution >= 0.6 is 0 Å². The molecule has 190 valence electrons. The molecule has 0 unspecified atom stereocenters. The molecule has 0 radical (unpaired) electrons. The van der Waals surface area contributed by atoms with Crippen molar-refractivity contribution in [1.82, 2.24) is 20.8 Å². The van der Waals surface area contributed by atoms with Crippen molar-refractivity contribution in [3.63, 3.8) is 0 Å². The zero-order valence-electron chi connectivity index (χ0n) is 21.2. The Morgan fingerprint density at radius 1 is 1.19 bits per heavy atom. The van der Waals surface area contributed by atoms with Crippen LogP contribution in [0.15, 0.2) is 67.0 Å². The average molecular weight is 498 g/mol. The number of para-hydroxylation sites is 1. The van der Waals surface area contributed by atoms with Gasteiger partial charge in [0.15, 0.2) is 0 Å². The first-order valence-corrected chi connectivity index (χ1v) is 12.5. The smallest absolute Gasteiger partial charge is 0.249 e. The molecule has 0 spiro atoms. The molecule has 1 aromatic heterocycles. The minimum atomic E-state index is -0.621. The third-order valence-corrected chi connectivity index (χ3v) is 7.15. The van der Waals surface area contributed by atoms with Crippen LogP contribution in [0.5, 0.6) is 5.75 Å². The highest BCUT2D eigenvalue weighted by Crippen LogP contribution is 2.35. The number of amides is 2. The fourth-order valence-corrected chi connectivity index (χ4v) is 4.92. The standard InChI is InChI=1S/C29H31N5O3/c1-18(30-2)28(35)33-25-12-9-19-6-4-5-7-26(19)34(29(25)36)17-24-23-11-8-20(22-15-31-32-16-22)14-21(23)10-13-27(24)37-3/h4-8,10-11,13-16,18,25,30H,9,12,17H2,1-3H3,(H,31,32)(H,33,35)/t18-,25-/m0/s1. The summed E-state index contributed by atoms with van der Waals surface area (Å²) in [6.07, 6.45) is 4.89. The number of hydrogen-bond acceptors (Lipinski definition) is 5. The number of H-pyrrole nitrogens is 1. The minimum Gasteiger partial charge on any atom is -0.496 e. The molecule has 37 heavy (non-hydrogen) atoms. The van der Waals surface area contributed by atoms with Crippen molar-refractivity contribution in [2.24, 2.45) is 0 Å². The van der Waals surface area contributed by atoms with E-state index in [1.807, 2.05) is 42.6 Å². The summed E-state index contributed by atoms with van der Waals surface area (Å²) in [4.78, 5) is 28.4. The van der Waals surface area contributed by atoms with Gasteiger partial charge >= 0.3 is 0 Å². The molecule has 8 nitrogen and oxygen atoms in total. The second-order valence-corrected chi connectivity index (χ2v) is 9.33. The van der Waals surface area contributed by atoms with Crippen molar-refractivity contribution in [2.75, 3.05) is 19.1 Å². The maximum Gasteiger partial charge on any atom is 0.249 e. The molecule has 2 heterocycles. The second kappa shape index (κ2) is 10.4. The van der Waals surface area contributed by atoms with E-state index >= 15 is 0 Å². The van der Waals surface area contributed by atoms with Crippen LogP contribution in [-0.4, -0.2) is 48.3 Å². The number of aromatic nitrogens is 2. The molecule has 8 heteroatoms. The van der Waals surface area contributed by atoms with Gasteiger partial charge in [0.2, 0.25) is 11.8 Å². The summed E-state index contributed by atoms with van der Waals surface area (Å²) in [5.41, 5.74) is 4.91. The third-order valence-electron chi connectivity index (χ3n) is 7.15. The fourth-order valence-electron chi connectivity index (χ4n) is 4.92. The normalized spacial score (nSPS) is 16.2. The monoisotopic (exact) mass is 497 g/mol. The van der Waals surface area contributed by atoms with E-state index in [9.17, 15) is 9.59 Å². The number of methoxy groups -OCH3 is 1. The molecule has 5 rings (SSSR count). The topological polar surface area (TPSA) is 99.3 Å². The first-order chi connectivity index (χ1) is 18.0. The number of aromatic amines is 1. The number of carbonyl (C=O) groups excluding carboxylic acids is 2. The molecule has 2 amide bonds. The summed E-state index contributed by atoms with van der Waals surface area (Å²) in [6.45, 7) is 2.09. The number of rotatable bonds is 7. The molecule has 1 aliphatic heterocycles. The van der Waals surface area contributed by atoms with Gasteiger partial charge in [-0.3, -0.25) is 14.7 Å². The van der Waals surface area contributed by atoms with Gasteiger partial charge in [-0.1, -0.05) is 36.4 Å². The Morgan fingerprint density at radius 2 is 2.03 bits per heavy atom. The Kier molecular flexibility index (Phi) is 6.92. The molecule has 3 N–H and O–H groups in total. The Labute approximate surface area is 216 Å². The van der Waals surface area contributed by atoms with Crippen LogP contribution in [0.3, 0.4) is 0 Å². The number of nitrogens with zero attached hydrogens (tertiary/aromatic N) is 2. The largest absolute Gasteiger partial charge is 0.496 e. The quantitative estimate of drug-likeness (QED) is 0.361. The van der Waals surface area contributed by atoms with Crippen molar-refractivity contribution in [3.05, 3.63) is 78.1 Å². The molecule has 2 atom stereocenters. The van der Waals surface area contributed by atoms with Crippen LogP contribution in [0.2, 0.25) is 0 Å². The zero-order chi connectivity index (χ0) is 25.9. The minimum absolute atomic E-state index is 0.129. The first kappa shape index (κ1) is 24.5. The summed E-state index contributed by atoms with van der Waals surface area (Å²) in [5, 5.41) is 14.9. The van der Waals surface area contributed by atoms with Crippen LogP contribution < -0.4 is 20.3 Å². The highest BCUT2D eigenvalue weighted by atomic mass is 16.5. The molecular weight excluding hydrogens is 466 g/mol. The van der Waals surface area contributed by atoms with Gasteiger partial charge in [-0.2, -0.15) is 5.10 Å². The van der Waals surface area contributed by atoms with Crippen LogP contribution in [0.4, 0.5) is 5.69 Å². The molecule has 0 bridgehead atoms. The molecule has 1 aliphatic rings. The average Bonchev–Trinajstić information content (AvgIpc) is 3.44. The van der Waals surface area contributed by atoms with Gasteiger partial charge in [-0.15, -0.1) is 0 Å². The van der Waals surface area contributed by atoms with Gasteiger partial charge in [0.05, 0.1) is 25.9 Å². The van der Waals surface area contributed by atoms with E-state index < -0.39 is 12.1 Å². The maximum absolute atomic E-state index is 13.9. The number of hydrogen-bond donors (Lipinski definition) is 3. The molecule has 0 fully saturated rings. The van der Waals surface area contributed by atoms with Crippen LogP contribution in [-0.2, 0) is 22.6 Å². The fraction of sp³-hybridized carbons (Fsp3) is 0.276. The van der Waals surface area contributed by atoms with Crippen LogP contribution in [0.25, 0.3) is 21.9 Å². The lowest BCUT2D eigenvalue weighted by Gasteiger charge is -2.28. The highest BCUT2D eigenvalue weighted by molar-refractivity contribution is 6.02. The van der Waals surface area contributed by atoms with Crippen molar-refractivity contribution >= 4 is 28.3 Å². The number of aryl methyl sites for hydroxylation is 1. The van der Waals surface area contributed by atoms with Crippen molar-refractivity contribution < 1.29 is 14.3 Å². The van der Waals surface area contributed by atoms with Gasteiger partial charge in [-0.05, 0) is 66.9 Å². The van der Waals surface area contributed by atoms with E-state index in [0.717, 1.165) is 38.7 Å². The van der Waals surface area contributed by atoms with E-state index in [1.54, 1.807) is 32.2 Å². The SMILES string of the molecule is CN[C@@H](C)C(=O)N[C@H]1CCc2ccccc2N(Cc2c(OC)ccc3cc(-c4cn[nH]c4)ccc23)C1=O. The van der Waals surface area contributed by atoms with E-state index in [2.05, 4.69) is 39.0 Å². The van der Waals surface area contributed by atoms with Gasteiger partial charge in [0, 0.05) is 23.0 Å². The second-order valence-electron chi connectivity index (χ2n) is 9.33. The van der Waals surface area contributed by atoms with Gasteiger partial charge in [0.25, 0.3) is 0 Å². The van der Waals surface area contributed by atoms with Crippen molar-refractivity contribution in [1.29, 1.82) is 0 Å². The predicted octanol–water partition coefficient (Wildman–Crippen LogP) is 3.81. The zero-order valence-corrected chi connectivity index (χ0v) is 21.2. The molecule has 0 aliphatic carbocycles. The van der Waals surface area contributed by atoms with Gasteiger partial charge in [-0.25, -0.2) is 0 Å². The number of ether oxygens (including phenoxy) is 1. The summed E-state index contributed by atoms with van der Waals surface area (Å²) >= 11 is 0. The van der Waals surface area contributed by atoms with Gasteiger partial charge < -0.3 is 20.3 Å². The Balaban J connectivity index is 1.56. The predicted molar refractivity (Wildman–Crippen MR) is 144 cm³/mol. The number of fused-ring (bicyclic) bond motifs is 2. The first-order valence-electron chi connectivity index (χ1n) is 12.5. The number of anilines is 1. The number of benzene rings is 3. The molecule has 3 aromatic carbocycles. The number of likely N-dealkylation sites (N-methyl/N-ethyl adjacent to an activating group) is 1. The third kappa shape index (κ3) is 4.80. The van der Waals surface area contributed by atoms with E-state index in [-0.39, 0.29) is 11.8 Å². The lowest BCUT2D eigenvalue weighted by atomic mass is 9.98. The lowest BCUT2D eigenvalue weighted by Crippen LogP contribution is -2.52. The van der Waals surface area contributed by atoms with Crippen molar-refractivity contribution in [2.45, 2.75) is 38.4 Å². The van der Waals surface area contributed by atoms with E-state index in [1.165, 1.54) is 0 Å². The van der Waals surface area contributed by atoms with Crippen molar-refractivity contribution in [3.8, 4) is 16.9 Å². The highest BCUT2D eigenvalue weighted by Gasteiger charge is 2.33. The molecule has 4 aromatic rings. The molecule has 0 saturated heterocycles. The van der Waals surface area contributed by atoms with Crippen LogP contribution in [0, 0.1) is 0 Å².